The van der Waals surface area contributed by atoms with E-state index in [-0.39, 0.29) is 48.5 Å². The summed E-state index contributed by atoms with van der Waals surface area (Å²) < 4.78 is 38.9. The number of nitrogens with zero attached hydrogens (tertiary/aromatic N) is 2. The normalized spacial score (nSPS) is 37.1. The van der Waals surface area contributed by atoms with Gasteiger partial charge in [-0.25, -0.2) is 0 Å². The van der Waals surface area contributed by atoms with Crippen LogP contribution >= 0.6 is 0 Å². The van der Waals surface area contributed by atoms with Gasteiger partial charge in [-0.05, 0) is 42.4 Å². The summed E-state index contributed by atoms with van der Waals surface area (Å²) in [6.07, 6.45) is -3.54. The van der Waals surface area contributed by atoms with Crippen LogP contribution in [-0.4, -0.2) is 65.9 Å². The summed E-state index contributed by atoms with van der Waals surface area (Å²) in [7, 11) is 0. The molecule has 7 atom stereocenters. The van der Waals surface area contributed by atoms with Gasteiger partial charge in [0.05, 0.1) is 6.07 Å². The Labute approximate surface area is 201 Å². The maximum atomic E-state index is 13.4. The van der Waals surface area contributed by atoms with Gasteiger partial charge in [-0.1, -0.05) is 26.7 Å². The predicted octanol–water partition coefficient (Wildman–Crippen LogP) is 0.851. The summed E-state index contributed by atoms with van der Waals surface area (Å²) in [5.41, 5.74) is -0.243. The van der Waals surface area contributed by atoms with Gasteiger partial charge < -0.3 is 20.9 Å². The highest BCUT2D eigenvalue weighted by atomic mass is 19.4. The Balaban J connectivity index is 1.63. The van der Waals surface area contributed by atoms with Gasteiger partial charge in [0.15, 0.2) is 0 Å². The van der Waals surface area contributed by atoms with Gasteiger partial charge in [0, 0.05) is 19.0 Å². The average Bonchev–Trinajstić information content (AvgIpc) is 3.11. The summed E-state index contributed by atoms with van der Waals surface area (Å²) in [4.78, 5) is 52.1. The Morgan fingerprint density at radius 1 is 1.17 bits per heavy atom. The van der Waals surface area contributed by atoms with Crippen molar-refractivity contribution < 1.29 is 32.3 Å². The number of carbonyl (C=O) groups is 4. The quantitative estimate of drug-likeness (QED) is 0.494. The molecule has 4 amide bonds. The van der Waals surface area contributed by atoms with Crippen molar-refractivity contribution in [3.05, 3.63) is 0 Å². The monoisotopic (exact) mass is 497 g/mol. The molecule has 3 aliphatic heterocycles. The third-order valence-corrected chi connectivity index (χ3v) is 8.35. The van der Waals surface area contributed by atoms with Crippen molar-refractivity contribution in [3.63, 3.8) is 0 Å². The molecule has 4 rings (SSSR count). The lowest BCUT2D eigenvalue weighted by molar-refractivity contribution is -0.175. The Morgan fingerprint density at radius 3 is 2.51 bits per heavy atom. The number of hydrogen-bond acceptors (Lipinski definition) is 5. The van der Waals surface area contributed by atoms with Crippen molar-refractivity contribution in [1.29, 1.82) is 5.26 Å². The minimum absolute atomic E-state index is 0.0101. The van der Waals surface area contributed by atoms with E-state index in [1.165, 1.54) is 4.90 Å². The van der Waals surface area contributed by atoms with Gasteiger partial charge in [-0.15, -0.1) is 0 Å². The van der Waals surface area contributed by atoms with E-state index < -0.39 is 47.9 Å². The van der Waals surface area contributed by atoms with Crippen LogP contribution in [0.15, 0.2) is 0 Å². The van der Waals surface area contributed by atoms with E-state index in [2.05, 4.69) is 10.6 Å². The summed E-state index contributed by atoms with van der Waals surface area (Å²) in [5, 5.41) is 17.0. The smallest absolute Gasteiger partial charge is 0.356 e. The molecule has 0 radical (unpaired) electrons. The molecule has 0 aromatic heterocycles. The lowest BCUT2D eigenvalue weighted by Crippen LogP contribution is -2.58. The summed E-state index contributed by atoms with van der Waals surface area (Å²) in [6.45, 7) is 4.52. The average molecular weight is 498 g/mol. The molecule has 9 nitrogen and oxygen atoms in total. The lowest BCUT2D eigenvalue weighted by Gasteiger charge is -2.34. The molecule has 0 bridgehead atoms. The van der Waals surface area contributed by atoms with Crippen LogP contribution in [-0.2, 0) is 19.2 Å². The Bertz CT molecular complexity index is 962. The number of hydrogen-bond donors (Lipinski definition) is 3. The second-order valence-corrected chi connectivity index (χ2v) is 10.7. The maximum absolute atomic E-state index is 13.4. The molecule has 3 saturated heterocycles. The van der Waals surface area contributed by atoms with Gasteiger partial charge in [-0.2, -0.15) is 18.4 Å². The standard InChI is InChI=1S/C23H30F3N5O4/c1-22(2)14-10-31-17(16(14)22)19(33)29-12(8-27)7-13-11(9-28-18(13)32)5-3-4-6-15(20(31)34)30-21(35)23(24,25)26/h11-17H,3-7,9-10H2,1-2H3,(H,28,32)(H,29,33)(H,30,35)/t11-,12-,13-,14-,15-,16-,17-/m0/s1. The van der Waals surface area contributed by atoms with E-state index in [9.17, 15) is 37.6 Å². The van der Waals surface area contributed by atoms with Gasteiger partial charge in [0.2, 0.25) is 17.7 Å². The fourth-order valence-electron chi connectivity index (χ4n) is 6.24. The highest BCUT2D eigenvalue weighted by Gasteiger charge is 2.69. The van der Waals surface area contributed by atoms with Crippen LogP contribution in [0.25, 0.3) is 0 Å². The van der Waals surface area contributed by atoms with Crippen LogP contribution < -0.4 is 16.0 Å². The van der Waals surface area contributed by atoms with E-state index in [0.29, 0.717) is 25.8 Å². The number of carbonyl (C=O) groups excluding carboxylic acids is 4. The molecule has 4 aliphatic rings. The molecular formula is C23H30F3N5O4. The first-order valence-corrected chi connectivity index (χ1v) is 12.0. The molecule has 0 aromatic carbocycles. The van der Waals surface area contributed by atoms with Gasteiger partial charge in [0.25, 0.3) is 0 Å². The molecule has 0 spiro atoms. The minimum Gasteiger partial charge on any atom is -0.356 e. The van der Waals surface area contributed by atoms with Gasteiger partial charge in [0.1, 0.15) is 18.1 Å². The van der Waals surface area contributed by atoms with Crippen LogP contribution in [0.4, 0.5) is 13.2 Å². The molecule has 3 N–H and O–H groups in total. The van der Waals surface area contributed by atoms with E-state index in [1.807, 2.05) is 25.2 Å². The van der Waals surface area contributed by atoms with Crippen LogP contribution in [0.3, 0.4) is 0 Å². The number of rotatable bonds is 1. The van der Waals surface area contributed by atoms with Crippen molar-refractivity contribution in [2.75, 3.05) is 13.1 Å². The summed E-state index contributed by atoms with van der Waals surface area (Å²) in [6, 6.07) is -1.28. The molecule has 0 unspecified atom stereocenters. The zero-order chi connectivity index (χ0) is 25.7. The second-order valence-electron chi connectivity index (χ2n) is 10.7. The number of nitrogens with one attached hydrogen (secondary N) is 3. The van der Waals surface area contributed by atoms with Crippen LogP contribution in [0.1, 0.15) is 46.0 Å². The molecule has 3 heterocycles. The fraction of sp³-hybridized carbons (Fsp3) is 0.783. The maximum Gasteiger partial charge on any atom is 0.471 e. The van der Waals surface area contributed by atoms with Crippen LogP contribution in [0.5, 0.6) is 0 Å². The first-order valence-electron chi connectivity index (χ1n) is 12.0. The van der Waals surface area contributed by atoms with Crippen molar-refractivity contribution in [1.82, 2.24) is 20.9 Å². The zero-order valence-electron chi connectivity index (χ0n) is 19.7. The largest absolute Gasteiger partial charge is 0.471 e. The van der Waals surface area contributed by atoms with Gasteiger partial charge >= 0.3 is 12.1 Å². The first kappa shape index (κ1) is 25.3. The van der Waals surface area contributed by atoms with Crippen molar-refractivity contribution in [2.45, 2.75) is 70.3 Å². The SMILES string of the molecule is CC1(C)[C@@H]2[C@H]3C(=O)N[C@H](C#N)C[C@@H]4C(=O)NC[C@@H]4CCCC[C@H](NC(=O)C(F)(F)F)C(=O)N3C[C@@H]21. The summed E-state index contributed by atoms with van der Waals surface area (Å²) in [5.74, 6) is -4.43. The highest BCUT2D eigenvalue weighted by molar-refractivity contribution is 5.94. The minimum atomic E-state index is -5.14. The van der Waals surface area contributed by atoms with Crippen molar-refractivity contribution >= 4 is 23.6 Å². The van der Waals surface area contributed by atoms with Crippen molar-refractivity contribution in [2.24, 2.45) is 29.1 Å². The predicted molar refractivity (Wildman–Crippen MR) is 115 cm³/mol. The Morgan fingerprint density at radius 2 is 1.86 bits per heavy atom. The Kier molecular flexibility index (Phi) is 6.49. The molecule has 4 fully saturated rings. The number of nitriles is 1. The topological polar surface area (TPSA) is 131 Å². The number of halogens is 3. The highest BCUT2D eigenvalue weighted by Crippen LogP contribution is 2.65. The Hall–Kier alpha value is -2.84. The number of amides is 4. The number of fused-ring (bicyclic) bond motifs is 4. The summed E-state index contributed by atoms with van der Waals surface area (Å²) >= 11 is 0. The third-order valence-electron chi connectivity index (χ3n) is 8.35. The van der Waals surface area contributed by atoms with Crippen molar-refractivity contribution in [3.8, 4) is 6.07 Å². The van der Waals surface area contributed by atoms with E-state index in [0.717, 1.165) is 0 Å². The van der Waals surface area contributed by atoms with E-state index in [1.54, 1.807) is 0 Å². The molecule has 12 heteroatoms. The number of alkyl halides is 3. The van der Waals surface area contributed by atoms with Crippen LogP contribution in [0.2, 0.25) is 0 Å². The molecule has 1 aliphatic carbocycles. The molecule has 0 aromatic rings. The van der Waals surface area contributed by atoms with Crippen LogP contribution in [0, 0.1) is 40.4 Å². The van der Waals surface area contributed by atoms with E-state index in [4.69, 9.17) is 0 Å². The zero-order valence-corrected chi connectivity index (χ0v) is 19.7. The second kappa shape index (κ2) is 8.99. The number of piperidine rings is 1. The molecule has 192 valence electrons. The first-order chi connectivity index (χ1) is 16.4. The molecule has 35 heavy (non-hydrogen) atoms. The van der Waals surface area contributed by atoms with E-state index >= 15 is 0 Å². The third kappa shape index (κ3) is 4.69. The van der Waals surface area contributed by atoms with Gasteiger partial charge in [-0.3, -0.25) is 19.2 Å². The molecular weight excluding hydrogens is 467 g/mol. The molecule has 1 saturated carbocycles. The lowest BCUT2D eigenvalue weighted by atomic mass is 9.85. The fourth-order valence-corrected chi connectivity index (χ4v) is 6.24.